The van der Waals surface area contributed by atoms with Gasteiger partial charge in [-0.2, -0.15) is 0 Å². The van der Waals surface area contributed by atoms with Crippen LogP contribution in [-0.2, 0) is 4.79 Å². The van der Waals surface area contributed by atoms with Crippen LogP contribution in [0.2, 0.25) is 0 Å². The Kier molecular flexibility index (Phi) is 6.93. The lowest BCUT2D eigenvalue weighted by Gasteiger charge is -2.38. The fraction of sp³-hybridized carbons (Fsp3) is 0.350. The van der Waals surface area contributed by atoms with Crippen molar-refractivity contribution in [3.05, 3.63) is 48.5 Å². The Bertz CT molecular complexity index is 692. The molecule has 0 fully saturated rings. The normalized spacial score (nSPS) is 12.8. The summed E-state index contributed by atoms with van der Waals surface area (Å²) in [5, 5.41) is 0. The molecule has 2 aromatic carbocycles. The zero-order chi connectivity index (χ0) is 17.2. The van der Waals surface area contributed by atoms with E-state index in [1.54, 1.807) is 11.8 Å². The van der Waals surface area contributed by atoms with Gasteiger partial charge in [0, 0.05) is 9.79 Å². The summed E-state index contributed by atoms with van der Waals surface area (Å²) in [6.07, 6.45) is 0. The second-order valence-electron chi connectivity index (χ2n) is 6.22. The molecule has 2 aromatic rings. The topological polar surface area (TPSA) is 20.3 Å². The lowest BCUT2D eigenvalue weighted by atomic mass is 10.2. The average Bonchev–Trinajstić information content (AvgIpc) is 2.64. The van der Waals surface area contributed by atoms with Crippen molar-refractivity contribution < 1.29 is 33.3 Å². The van der Waals surface area contributed by atoms with Crippen LogP contribution in [0.3, 0.4) is 0 Å². The van der Waals surface area contributed by atoms with Gasteiger partial charge in [-0.3, -0.25) is 9.69 Å². The summed E-state index contributed by atoms with van der Waals surface area (Å²) in [7, 11) is 0. The minimum atomic E-state index is 0. The molecule has 0 unspecified atom stereocenters. The van der Waals surface area contributed by atoms with Crippen LogP contribution in [-0.4, -0.2) is 36.6 Å². The number of anilines is 2. The molecule has 25 heavy (non-hydrogen) atoms. The van der Waals surface area contributed by atoms with Gasteiger partial charge >= 0.3 is 0 Å². The van der Waals surface area contributed by atoms with Crippen LogP contribution in [0.1, 0.15) is 20.8 Å². The van der Waals surface area contributed by atoms with Gasteiger partial charge in [0.15, 0.2) is 6.54 Å². The van der Waals surface area contributed by atoms with Crippen molar-refractivity contribution in [1.29, 1.82) is 0 Å². The third-order valence-electron chi connectivity index (χ3n) is 5.16. The number of hydrogen-bond donors (Lipinski definition) is 0. The molecule has 1 amide bonds. The van der Waals surface area contributed by atoms with Gasteiger partial charge in [0.05, 0.1) is 31.0 Å². The zero-order valence-electron chi connectivity index (χ0n) is 15.0. The molecule has 0 N–H and O–H groups in total. The van der Waals surface area contributed by atoms with Gasteiger partial charge in [0.25, 0.3) is 5.91 Å². The number of carbonyl (C=O) groups excluding carboxylic acids is 1. The summed E-state index contributed by atoms with van der Waals surface area (Å²) in [5.74, 6) is 0.181. The summed E-state index contributed by atoms with van der Waals surface area (Å²) in [4.78, 5) is 17.5. The van der Waals surface area contributed by atoms with Crippen molar-refractivity contribution in [2.45, 2.75) is 30.6 Å². The van der Waals surface area contributed by atoms with E-state index in [1.807, 2.05) is 29.2 Å². The molecule has 3 rings (SSSR count). The predicted molar refractivity (Wildman–Crippen MR) is 101 cm³/mol. The van der Waals surface area contributed by atoms with E-state index in [4.69, 9.17) is 0 Å². The molecule has 0 saturated heterocycles. The van der Waals surface area contributed by atoms with Crippen LogP contribution in [0, 0.1) is 0 Å². The minimum Gasteiger partial charge on any atom is -1.00 e. The largest absolute Gasteiger partial charge is 1.00 e. The fourth-order valence-electron chi connectivity index (χ4n) is 3.34. The van der Waals surface area contributed by atoms with Gasteiger partial charge in [-0.15, -0.1) is 0 Å². The molecular weight excluding hydrogens is 443 g/mol. The Hall–Kier alpha value is -1.05. The number of fused-ring (bicyclic) bond motifs is 2. The van der Waals surface area contributed by atoms with E-state index in [9.17, 15) is 4.79 Å². The Balaban J connectivity index is 0.00000225. The Morgan fingerprint density at radius 1 is 0.880 bits per heavy atom. The molecule has 1 aliphatic heterocycles. The molecule has 0 aliphatic carbocycles. The standard InChI is InChI=1S/C20H25N2OS.HI/c1-4-22(5-2,6-3)15-20(23)21-16-11-7-9-13-18(16)24-19-14-10-8-12-17(19)21;/h7-14H,4-6,15H2,1-3H3;1H/q+1;/p-1. The van der Waals surface area contributed by atoms with Crippen LogP contribution >= 0.6 is 11.8 Å². The first-order valence-electron chi connectivity index (χ1n) is 8.68. The zero-order valence-corrected chi connectivity index (χ0v) is 18.0. The first-order valence-corrected chi connectivity index (χ1v) is 9.49. The first-order chi connectivity index (χ1) is 11.6. The van der Waals surface area contributed by atoms with Gasteiger partial charge in [-0.05, 0) is 45.0 Å². The monoisotopic (exact) mass is 468 g/mol. The molecule has 1 heterocycles. The molecule has 5 heteroatoms. The Labute approximate surface area is 172 Å². The number of hydrogen-bond acceptors (Lipinski definition) is 2. The van der Waals surface area contributed by atoms with Gasteiger partial charge in [-0.1, -0.05) is 36.0 Å². The number of quaternary nitrogens is 1. The summed E-state index contributed by atoms with van der Waals surface area (Å²) in [5.41, 5.74) is 2.01. The van der Waals surface area contributed by atoms with Gasteiger partial charge in [0.1, 0.15) is 0 Å². The highest BCUT2D eigenvalue weighted by Gasteiger charge is 2.33. The number of amides is 1. The predicted octanol–water partition coefficient (Wildman–Crippen LogP) is 1.70. The van der Waals surface area contributed by atoms with E-state index in [1.165, 1.54) is 0 Å². The summed E-state index contributed by atoms with van der Waals surface area (Å²) in [6, 6.07) is 16.4. The highest BCUT2D eigenvalue weighted by molar-refractivity contribution is 7.99. The number of benzene rings is 2. The maximum Gasteiger partial charge on any atom is 0.286 e. The number of para-hydroxylation sites is 2. The second kappa shape index (κ2) is 8.56. The van der Waals surface area contributed by atoms with Crippen molar-refractivity contribution in [1.82, 2.24) is 0 Å². The molecule has 0 saturated carbocycles. The van der Waals surface area contributed by atoms with Crippen LogP contribution < -0.4 is 28.9 Å². The molecule has 0 aromatic heterocycles. The van der Waals surface area contributed by atoms with Crippen LogP contribution in [0.25, 0.3) is 0 Å². The molecule has 0 bridgehead atoms. The maximum absolute atomic E-state index is 13.3. The Morgan fingerprint density at radius 3 is 1.76 bits per heavy atom. The summed E-state index contributed by atoms with van der Waals surface area (Å²) < 4.78 is 0.826. The van der Waals surface area contributed by atoms with Crippen molar-refractivity contribution in [3.63, 3.8) is 0 Å². The summed E-state index contributed by atoms with van der Waals surface area (Å²) >= 11 is 1.74. The number of nitrogens with zero attached hydrogens (tertiary/aromatic N) is 2. The van der Waals surface area contributed by atoms with E-state index in [0.29, 0.717) is 6.54 Å². The molecule has 0 spiro atoms. The summed E-state index contributed by atoms with van der Waals surface area (Å²) in [6.45, 7) is 9.99. The van der Waals surface area contributed by atoms with Crippen molar-refractivity contribution in [3.8, 4) is 0 Å². The van der Waals surface area contributed by atoms with Gasteiger partial charge < -0.3 is 28.5 Å². The van der Waals surface area contributed by atoms with Crippen LogP contribution in [0.4, 0.5) is 11.4 Å². The molecule has 0 atom stereocenters. The number of carbonyl (C=O) groups is 1. The van der Waals surface area contributed by atoms with E-state index in [-0.39, 0.29) is 29.9 Å². The molecular formula is C20H25IN2OS. The third-order valence-corrected chi connectivity index (χ3v) is 6.30. The third kappa shape index (κ3) is 3.88. The fourth-order valence-corrected chi connectivity index (χ4v) is 4.40. The highest BCUT2D eigenvalue weighted by Crippen LogP contribution is 2.47. The maximum atomic E-state index is 13.3. The molecule has 134 valence electrons. The molecule has 0 radical (unpaired) electrons. The SMILES string of the molecule is CC[N+](CC)(CC)CC(=O)N1c2ccccc2Sc2ccccc21.[I-]. The van der Waals surface area contributed by atoms with Crippen molar-refractivity contribution >= 4 is 29.0 Å². The first kappa shape index (κ1) is 20.3. The van der Waals surface area contributed by atoms with Crippen molar-refractivity contribution in [2.75, 3.05) is 31.1 Å². The lowest BCUT2D eigenvalue weighted by Crippen LogP contribution is -3.00. The van der Waals surface area contributed by atoms with E-state index < -0.39 is 0 Å². The number of rotatable bonds is 5. The quantitative estimate of drug-likeness (QED) is 0.492. The lowest BCUT2D eigenvalue weighted by molar-refractivity contribution is -0.915. The number of halogens is 1. The van der Waals surface area contributed by atoms with E-state index >= 15 is 0 Å². The van der Waals surface area contributed by atoms with E-state index in [0.717, 1.165) is 45.3 Å². The smallest absolute Gasteiger partial charge is 0.286 e. The average molecular weight is 468 g/mol. The second-order valence-corrected chi connectivity index (χ2v) is 7.30. The minimum absolute atomic E-state index is 0. The van der Waals surface area contributed by atoms with Crippen LogP contribution in [0.15, 0.2) is 58.3 Å². The molecule has 3 nitrogen and oxygen atoms in total. The highest BCUT2D eigenvalue weighted by atomic mass is 127. The molecule has 1 aliphatic rings. The van der Waals surface area contributed by atoms with Gasteiger partial charge in [0.2, 0.25) is 0 Å². The number of likely N-dealkylation sites (N-methyl/N-ethyl adjacent to an activating group) is 1. The van der Waals surface area contributed by atoms with Crippen LogP contribution in [0.5, 0.6) is 0 Å². The Morgan fingerprint density at radius 2 is 1.32 bits per heavy atom. The van der Waals surface area contributed by atoms with E-state index in [2.05, 4.69) is 45.0 Å². The van der Waals surface area contributed by atoms with Gasteiger partial charge in [-0.25, -0.2) is 0 Å². The van der Waals surface area contributed by atoms with Crippen molar-refractivity contribution in [2.24, 2.45) is 0 Å².